The quantitative estimate of drug-likeness (QED) is 0.813. The zero-order valence-corrected chi connectivity index (χ0v) is 14.9. The monoisotopic (exact) mass is 295 g/mol. The lowest BCUT2D eigenvalue weighted by molar-refractivity contribution is -0.184. The summed E-state index contributed by atoms with van der Waals surface area (Å²) < 4.78 is 0. The molecule has 0 radical (unpaired) electrons. The Kier molecular flexibility index (Phi) is 4.81. The summed E-state index contributed by atoms with van der Waals surface area (Å²) in [7, 11) is 0. The maximum atomic E-state index is 11.8. The molecule has 0 aliphatic heterocycles. The molecule has 2 aliphatic rings. The molecule has 0 amide bonds. The molecule has 0 aromatic rings. The van der Waals surface area contributed by atoms with Gasteiger partial charge in [-0.3, -0.25) is 0 Å². The van der Waals surface area contributed by atoms with Crippen LogP contribution in [0.3, 0.4) is 0 Å². The predicted octanol–water partition coefficient (Wildman–Crippen LogP) is 4.36. The average Bonchev–Trinajstić information content (AvgIpc) is 2.38. The molecule has 2 nitrogen and oxygen atoms in total. The van der Waals surface area contributed by atoms with Crippen LogP contribution in [0.15, 0.2) is 0 Å². The molecule has 2 saturated carbocycles. The van der Waals surface area contributed by atoms with Gasteiger partial charge in [0, 0.05) is 12.0 Å². The second-order valence-corrected chi connectivity index (χ2v) is 9.31. The van der Waals surface area contributed by atoms with Crippen LogP contribution in [-0.2, 0) is 0 Å². The van der Waals surface area contributed by atoms with Crippen molar-refractivity contribution in [2.75, 3.05) is 6.54 Å². The first-order valence-electron chi connectivity index (χ1n) is 9.08. The summed E-state index contributed by atoms with van der Waals surface area (Å²) in [6.07, 6.45) is 7.98. The van der Waals surface area contributed by atoms with Gasteiger partial charge in [-0.2, -0.15) is 0 Å². The maximum absolute atomic E-state index is 11.8. The zero-order valence-electron chi connectivity index (χ0n) is 14.9. The minimum Gasteiger partial charge on any atom is -0.389 e. The third-order valence-electron chi connectivity index (χ3n) is 6.92. The minimum absolute atomic E-state index is 0.0495. The Hall–Kier alpha value is -0.0800. The summed E-state index contributed by atoms with van der Waals surface area (Å²) in [6.45, 7) is 12.2. The first kappa shape index (κ1) is 17.3. The first-order valence-corrected chi connectivity index (χ1v) is 9.08. The summed E-state index contributed by atoms with van der Waals surface area (Å²) in [4.78, 5) is 0. The van der Waals surface area contributed by atoms with Crippen molar-refractivity contribution in [1.82, 2.24) is 0 Å². The zero-order chi connectivity index (χ0) is 15.9. The number of hydrogen-bond acceptors (Lipinski definition) is 2. The summed E-state index contributed by atoms with van der Waals surface area (Å²) in [5, 5.41) is 11.8. The van der Waals surface area contributed by atoms with E-state index in [2.05, 4.69) is 34.6 Å². The Morgan fingerprint density at radius 3 is 2.14 bits per heavy atom. The molecule has 2 aliphatic carbocycles. The van der Waals surface area contributed by atoms with E-state index in [0.29, 0.717) is 29.7 Å². The standard InChI is InChI=1S/C19H37NO/c1-14(2)16-7-6-15(3)12-19(16,21)18(13-20)10-8-17(4,5)9-11-18/h14-16,21H,6-13,20H2,1-5H3. The van der Waals surface area contributed by atoms with E-state index in [1.165, 1.54) is 25.7 Å². The second-order valence-electron chi connectivity index (χ2n) is 9.31. The molecule has 0 heterocycles. The van der Waals surface area contributed by atoms with E-state index in [0.717, 1.165) is 19.3 Å². The first-order chi connectivity index (χ1) is 9.66. The van der Waals surface area contributed by atoms with Gasteiger partial charge in [0.1, 0.15) is 0 Å². The molecule has 3 unspecified atom stereocenters. The Bertz CT molecular complexity index is 353. The van der Waals surface area contributed by atoms with Crippen molar-refractivity contribution >= 4 is 0 Å². The van der Waals surface area contributed by atoms with Gasteiger partial charge in [0.15, 0.2) is 0 Å². The molecular formula is C19H37NO. The Labute approximate surface area is 131 Å². The predicted molar refractivity (Wildman–Crippen MR) is 90.0 cm³/mol. The van der Waals surface area contributed by atoms with Crippen LogP contribution < -0.4 is 5.73 Å². The maximum Gasteiger partial charge on any atom is 0.0748 e. The largest absolute Gasteiger partial charge is 0.389 e. The van der Waals surface area contributed by atoms with Gasteiger partial charge in [0.05, 0.1) is 5.60 Å². The highest BCUT2D eigenvalue weighted by molar-refractivity contribution is 5.08. The van der Waals surface area contributed by atoms with Crippen LogP contribution in [0.4, 0.5) is 0 Å². The van der Waals surface area contributed by atoms with Crippen molar-refractivity contribution in [2.45, 2.75) is 85.2 Å². The SMILES string of the molecule is CC1CCC(C(C)C)C(O)(C2(CN)CCC(C)(C)CC2)C1. The van der Waals surface area contributed by atoms with E-state index < -0.39 is 5.60 Å². The molecule has 0 spiro atoms. The minimum atomic E-state index is -0.552. The van der Waals surface area contributed by atoms with E-state index in [-0.39, 0.29) is 5.41 Å². The van der Waals surface area contributed by atoms with Crippen molar-refractivity contribution in [1.29, 1.82) is 0 Å². The highest BCUT2D eigenvalue weighted by Gasteiger charge is 2.57. The Balaban J connectivity index is 2.32. The number of rotatable bonds is 3. The third-order valence-corrected chi connectivity index (χ3v) is 6.92. The fourth-order valence-electron chi connectivity index (χ4n) is 5.20. The van der Waals surface area contributed by atoms with Gasteiger partial charge in [0.2, 0.25) is 0 Å². The van der Waals surface area contributed by atoms with Crippen molar-refractivity contribution in [3.05, 3.63) is 0 Å². The highest BCUT2D eigenvalue weighted by atomic mass is 16.3. The third kappa shape index (κ3) is 3.03. The van der Waals surface area contributed by atoms with Crippen LogP contribution in [-0.4, -0.2) is 17.3 Å². The average molecular weight is 296 g/mol. The van der Waals surface area contributed by atoms with Crippen molar-refractivity contribution < 1.29 is 5.11 Å². The van der Waals surface area contributed by atoms with Crippen LogP contribution in [0.25, 0.3) is 0 Å². The van der Waals surface area contributed by atoms with Gasteiger partial charge in [-0.1, -0.05) is 41.0 Å². The van der Waals surface area contributed by atoms with E-state index in [9.17, 15) is 5.11 Å². The number of aliphatic hydroxyl groups is 1. The van der Waals surface area contributed by atoms with E-state index in [4.69, 9.17) is 5.73 Å². The van der Waals surface area contributed by atoms with E-state index in [1.807, 2.05) is 0 Å². The van der Waals surface area contributed by atoms with Gasteiger partial charge in [0.25, 0.3) is 0 Å². The molecule has 2 fully saturated rings. The molecule has 3 atom stereocenters. The fourth-order valence-corrected chi connectivity index (χ4v) is 5.20. The molecular weight excluding hydrogens is 258 g/mol. The summed E-state index contributed by atoms with van der Waals surface area (Å²) in [6, 6.07) is 0. The normalized spacial score (nSPS) is 39.4. The van der Waals surface area contributed by atoms with Gasteiger partial charge >= 0.3 is 0 Å². The molecule has 21 heavy (non-hydrogen) atoms. The van der Waals surface area contributed by atoms with Gasteiger partial charge in [-0.15, -0.1) is 0 Å². The molecule has 0 bridgehead atoms. The summed E-state index contributed by atoms with van der Waals surface area (Å²) in [5.74, 6) is 1.59. The van der Waals surface area contributed by atoms with Gasteiger partial charge in [-0.05, 0) is 61.7 Å². The molecule has 124 valence electrons. The summed E-state index contributed by atoms with van der Waals surface area (Å²) in [5.41, 5.74) is 6.11. The summed E-state index contributed by atoms with van der Waals surface area (Å²) >= 11 is 0. The Morgan fingerprint density at radius 2 is 1.67 bits per heavy atom. The smallest absolute Gasteiger partial charge is 0.0748 e. The lowest BCUT2D eigenvalue weighted by Gasteiger charge is -2.58. The topological polar surface area (TPSA) is 46.2 Å². The number of hydrogen-bond donors (Lipinski definition) is 2. The highest BCUT2D eigenvalue weighted by Crippen LogP contribution is 2.57. The van der Waals surface area contributed by atoms with Crippen LogP contribution in [0, 0.1) is 28.6 Å². The van der Waals surface area contributed by atoms with Crippen molar-refractivity contribution in [2.24, 2.45) is 34.3 Å². The van der Waals surface area contributed by atoms with Crippen molar-refractivity contribution in [3.63, 3.8) is 0 Å². The lowest BCUT2D eigenvalue weighted by atomic mass is 9.50. The molecule has 0 saturated heterocycles. The molecule has 0 aromatic carbocycles. The van der Waals surface area contributed by atoms with Crippen LogP contribution >= 0.6 is 0 Å². The molecule has 3 N–H and O–H groups in total. The number of nitrogens with two attached hydrogens (primary N) is 1. The molecule has 2 heteroatoms. The van der Waals surface area contributed by atoms with Gasteiger partial charge < -0.3 is 10.8 Å². The lowest BCUT2D eigenvalue weighted by Crippen LogP contribution is -2.61. The molecule has 2 rings (SSSR count). The van der Waals surface area contributed by atoms with Crippen LogP contribution in [0.1, 0.15) is 79.6 Å². The second kappa shape index (κ2) is 5.85. The van der Waals surface area contributed by atoms with Gasteiger partial charge in [-0.25, -0.2) is 0 Å². The van der Waals surface area contributed by atoms with Crippen LogP contribution in [0.5, 0.6) is 0 Å². The fraction of sp³-hybridized carbons (Fsp3) is 1.00. The van der Waals surface area contributed by atoms with Crippen LogP contribution in [0.2, 0.25) is 0 Å². The Morgan fingerprint density at radius 1 is 1.10 bits per heavy atom. The van der Waals surface area contributed by atoms with E-state index in [1.54, 1.807) is 0 Å². The van der Waals surface area contributed by atoms with E-state index >= 15 is 0 Å². The molecule has 0 aromatic heterocycles. The van der Waals surface area contributed by atoms with Crippen molar-refractivity contribution in [3.8, 4) is 0 Å².